The summed E-state index contributed by atoms with van der Waals surface area (Å²) in [5.74, 6) is -1.85. The van der Waals surface area contributed by atoms with E-state index in [0.717, 1.165) is 21.8 Å². The number of amides is 2. The van der Waals surface area contributed by atoms with Crippen molar-refractivity contribution >= 4 is 21.8 Å². The van der Waals surface area contributed by atoms with Gasteiger partial charge >= 0.3 is 0 Å². The fourth-order valence-corrected chi connectivity index (χ4v) is 5.55. The first-order valence-electron chi connectivity index (χ1n) is 11.0. The van der Waals surface area contributed by atoms with E-state index in [-0.39, 0.29) is 24.2 Å². The molecule has 2 amide bonds. The molecule has 4 rings (SSSR count). The topological polar surface area (TPSA) is 99.7 Å². The molecule has 2 aliphatic rings. The van der Waals surface area contributed by atoms with Crippen LogP contribution in [-0.2, 0) is 27.9 Å². The first kappa shape index (κ1) is 24.0. The second kappa shape index (κ2) is 9.27. The number of nitrogens with one attached hydrogen (secondary N) is 1. The number of sulfonamides is 1. The Morgan fingerprint density at radius 3 is 2.47 bits per heavy atom. The molecule has 180 valence electrons. The molecule has 0 radical (unpaired) electrons. The Bertz CT molecular complexity index is 1230. The molecule has 3 heterocycles. The fraction of sp³-hybridized carbons (Fsp3) is 0.375. The number of rotatable bonds is 7. The second-order valence-corrected chi connectivity index (χ2v) is 10.8. The summed E-state index contributed by atoms with van der Waals surface area (Å²) in [4.78, 5) is 32.1. The van der Waals surface area contributed by atoms with E-state index >= 15 is 0 Å². The smallest absolute Gasteiger partial charge is 0.256 e. The van der Waals surface area contributed by atoms with Crippen LogP contribution in [0.2, 0.25) is 0 Å². The maximum atomic E-state index is 13.3. The monoisotopic (exact) mass is 486 g/mol. The lowest BCUT2D eigenvalue weighted by atomic mass is 9.89. The minimum absolute atomic E-state index is 0.145. The van der Waals surface area contributed by atoms with Crippen LogP contribution in [0.5, 0.6) is 0 Å². The molecule has 2 aromatic rings. The van der Waals surface area contributed by atoms with Gasteiger partial charge in [-0.2, -0.15) is 0 Å². The lowest BCUT2D eigenvalue weighted by molar-refractivity contribution is -0.128. The molecule has 0 spiro atoms. The molecule has 1 aromatic heterocycles. The maximum absolute atomic E-state index is 13.3. The van der Waals surface area contributed by atoms with Crippen LogP contribution in [0.4, 0.5) is 4.39 Å². The van der Waals surface area contributed by atoms with Crippen LogP contribution in [0.15, 0.2) is 54.4 Å². The molecule has 0 aliphatic carbocycles. The van der Waals surface area contributed by atoms with Crippen molar-refractivity contribution in [3.8, 4) is 0 Å². The van der Waals surface area contributed by atoms with Crippen LogP contribution in [0.3, 0.4) is 0 Å². The summed E-state index contributed by atoms with van der Waals surface area (Å²) >= 11 is 0. The standard InChI is InChI=1S/C24H27FN4O4S/c1-15(2)21-22-20(29(24(21)31)34(3,32)33)10-11-28(22)23(30)17-6-9-19(27-13-17)14-26-12-16-4-7-18(25)8-5-16/h4-10,13,15,21-22,26H,11-12,14H2,1-3H3/t21-,22+/m1/s1. The highest BCUT2D eigenvalue weighted by atomic mass is 32.2. The normalized spacial score (nSPS) is 20.1. The molecule has 2 aliphatic heterocycles. The van der Waals surface area contributed by atoms with Crippen molar-refractivity contribution in [3.05, 3.63) is 77.0 Å². The number of pyridine rings is 1. The highest BCUT2D eigenvalue weighted by Crippen LogP contribution is 2.41. The van der Waals surface area contributed by atoms with Gasteiger partial charge in [0.15, 0.2) is 0 Å². The minimum Gasteiger partial charge on any atom is -0.325 e. The van der Waals surface area contributed by atoms with Crippen molar-refractivity contribution < 1.29 is 22.4 Å². The van der Waals surface area contributed by atoms with E-state index in [4.69, 9.17) is 0 Å². The van der Waals surface area contributed by atoms with Gasteiger partial charge in [0.05, 0.1) is 35.2 Å². The van der Waals surface area contributed by atoms with E-state index in [9.17, 15) is 22.4 Å². The predicted molar refractivity (Wildman–Crippen MR) is 124 cm³/mol. The Morgan fingerprint density at radius 1 is 1.18 bits per heavy atom. The summed E-state index contributed by atoms with van der Waals surface area (Å²) in [7, 11) is -3.78. The summed E-state index contributed by atoms with van der Waals surface area (Å²) in [6.07, 6.45) is 4.14. The van der Waals surface area contributed by atoms with Crippen molar-refractivity contribution in [2.24, 2.45) is 11.8 Å². The second-order valence-electron chi connectivity index (χ2n) is 8.94. The number of hydrogen-bond donors (Lipinski definition) is 1. The van der Waals surface area contributed by atoms with E-state index in [1.165, 1.54) is 18.3 Å². The molecule has 1 fully saturated rings. The zero-order valence-corrected chi connectivity index (χ0v) is 20.0. The molecular formula is C24H27FN4O4S. The zero-order chi connectivity index (χ0) is 24.6. The Morgan fingerprint density at radius 2 is 1.88 bits per heavy atom. The van der Waals surface area contributed by atoms with Crippen molar-refractivity contribution in [2.45, 2.75) is 33.0 Å². The number of fused-ring (bicyclic) bond motifs is 1. The van der Waals surface area contributed by atoms with Crippen molar-refractivity contribution in [1.82, 2.24) is 19.5 Å². The highest BCUT2D eigenvalue weighted by molar-refractivity contribution is 7.89. The van der Waals surface area contributed by atoms with E-state index < -0.39 is 27.9 Å². The molecular weight excluding hydrogens is 459 g/mol. The van der Waals surface area contributed by atoms with Gasteiger partial charge in [-0.3, -0.25) is 14.6 Å². The van der Waals surface area contributed by atoms with Gasteiger partial charge in [-0.1, -0.05) is 26.0 Å². The molecule has 2 atom stereocenters. The number of hydrogen-bond acceptors (Lipinski definition) is 6. The SMILES string of the molecule is CC(C)[C@H]1C(=O)N(S(C)(=O)=O)C2=CCN(C(=O)c3ccc(CNCc4ccc(F)cc4)nc3)[C@@H]21. The van der Waals surface area contributed by atoms with E-state index in [1.807, 2.05) is 13.8 Å². The Kier molecular flexibility index (Phi) is 6.55. The summed E-state index contributed by atoms with van der Waals surface area (Å²) in [5.41, 5.74) is 2.40. The van der Waals surface area contributed by atoms with Gasteiger partial charge in [-0.15, -0.1) is 0 Å². The Hall–Kier alpha value is -3.11. The third-order valence-electron chi connectivity index (χ3n) is 6.13. The van der Waals surface area contributed by atoms with Gasteiger partial charge in [-0.25, -0.2) is 17.1 Å². The summed E-state index contributed by atoms with van der Waals surface area (Å²) in [6.45, 7) is 4.94. The van der Waals surface area contributed by atoms with Gasteiger partial charge in [0.2, 0.25) is 15.9 Å². The number of halogens is 1. The highest BCUT2D eigenvalue weighted by Gasteiger charge is 2.54. The fourth-order valence-electron chi connectivity index (χ4n) is 4.54. The number of nitrogens with zero attached hydrogens (tertiary/aromatic N) is 3. The molecule has 0 unspecified atom stereocenters. The summed E-state index contributed by atoms with van der Waals surface area (Å²) in [6, 6.07) is 9.04. The van der Waals surface area contributed by atoms with Gasteiger partial charge in [-0.05, 0) is 41.8 Å². The number of benzene rings is 1. The van der Waals surface area contributed by atoms with Crippen LogP contribution >= 0.6 is 0 Å². The van der Waals surface area contributed by atoms with Gasteiger partial charge in [0, 0.05) is 25.8 Å². The van der Waals surface area contributed by atoms with Crippen molar-refractivity contribution in [3.63, 3.8) is 0 Å². The van der Waals surface area contributed by atoms with Gasteiger partial charge < -0.3 is 10.2 Å². The maximum Gasteiger partial charge on any atom is 0.256 e. The average Bonchev–Trinajstić information content (AvgIpc) is 3.31. The van der Waals surface area contributed by atoms with Gasteiger partial charge in [0.1, 0.15) is 5.82 Å². The van der Waals surface area contributed by atoms with Crippen LogP contribution in [0.25, 0.3) is 0 Å². The lowest BCUT2D eigenvalue weighted by Gasteiger charge is -2.28. The molecule has 34 heavy (non-hydrogen) atoms. The minimum atomic E-state index is -3.78. The van der Waals surface area contributed by atoms with E-state index in [1.54, 1.807) is 35.2 Å². The summed E-state index contributed by atoms with van der Waals surface area (Å²) in [5, 5.41) is 3.23. The van der Waals surface area contributed by atoms with Crippen LogP contribution in [-0.4, -0.2) is 53.3 Å². The third kappa shape index (κ3) is 4.60. The quantitative estimate of drug-likeness (QED) is 0.645. The molecule has 10 heteroatoms. The van der Waals surface area contributed by atoms with Crippen LogP contribution in [0.1, 0.15) is 35.5 Å². The molecule has 1 aromatic carbocycles. The average molecular weight is 487 g/mol. The lowest BCUT2D eigenvalue weighted by Crippen LogP contribution is -2.43. The molecule has 8 nitrogen and oxygen atoms in total. The molecule has 1 N–H and O–H groups in total. The Labute approximate surface area is 198 Å². The number of carbonyl (C=O) groups is 2. The van der Waals surface area contributed by atoms with Gasteiger partial charge in [0.25, 0.3) is 5.91 Å². The molecule has 1 saturated heterocycles. The van der Waals surface area contributed by atoms with Crippen molar-refractivity contribution in [1.29, 1.82) is 0 Å². The number of aromatic nitrogens is 1. The number of carbonyl (C=O) groups excluding carboxylic acids is 2. The van der Waals surface area contributed by atoms with E-state index in [0.29, 0.717) is 24.4 Å². The van der Waals surface area contributed by atoms with Crippen LogP contribution < -0.4 is 5.32 Å². The van der Waals surface area contributed by atoms with Crippen molar-refractivity contribution in [2.75, 3.05) is 12.8 Å². The third-order valence-corrected chi connectivity index (χ3v) is 7.18. The summed E-state index contributed by atoms with van der Waals surface area (Å²) < 4.78 is 38.4. The molecule has 0 saturated carbocycles. The van der Waals surface area contributed by atoms with E-state index in [2.05, 4.69) is 10.3 Å². The zero-order valence-electron chi connectivity index (χ0n) is 19.2. The molecule has 0 bridgehead atoms. The Balaban J connectivity index is 1.45. The van der Waals surface area contributed by atoms with Crippen LogP contribution in [0, 0.1) is 17.7 Å². The predicted octanol–water partition coefficient (Wildman–Crippen LogP) is 2.29. The first-order chi connectivity index (χ1) is 16.1. The first-order valence-corrected chi connectivity index (χ1v) is 12.9. The largest absolute Gasteiger partial charge is 0.325 e.